The number of ether oxygens (including phenoxy) is 1. The van der Waals surface area contributed by atoms with E-state index in [1.54, 1.807) is 7.11 Å². The average Bonchev–Trinajstić information content (AvgIpc) is 2.55. The molecule has 3 nitrogen and oxygen atoms in total. The van der Waals surface area contributed by atoms with Crippen LogP contribution in [-0.4, -0.2) is 18.6 Å². The van der Waals surface area contributed by atoms with Crippen molar-refractivity contribution >= 4 is 10.9 Å². The summed E-state index contributed by atoms with van der Waals surface area (Å²) in [7, 11) is 1.70. The summed E-state index contributed by atoms with van der Waals surface area (Å²) in [6.45, 7) is 1.95. The van der Waals surface area contributed by atoms with Gasteiger partial charge < -0.3 is 10.1 Å². The molecule has 0 aliphatic heterocycles. The molecule has 1 heterocycles. The monoisotopic (exact) mass is 284 g/mol. The average molecular weight is 284 g/mol. The topological polar surface area (TPSA) is 34.1 Å². The molecule has 1 aromatic carbocycles. The van der Waals surface area contributed by atoms with Gasteiger partial charge in [0, 0.05) is 11.9 Å². The summed E-state index contributed by atoms with van der Waals surface area (Å²) < 4.78 is 5.40. The van der Waals surface area contributed by atoms with Crippen LogP contribution in [0.1, 0.15) is 37.8 Å². The van der Waals surface area contributed by atoms with Gasteiger partial charge in [-0.1, -0.05) is 37.5 Å². The fraction of sp³-hybridized carbons (Fsp3) is 0.500. The Morgan fingerprint density at radius 1 is 1.14 bits per heavy atom. The minimum atomic E-state index is 0.838. The highest BCUT2D eigenvalue weighted by Gasteiger charge is 2.12. The van der Waals surface area contributed by atoms with E-state index in [9.17, 15) is 0 Å². The van der Waals surface area contributed by atoms with E-state index < -0.39 is 0 Å². The Morgan fingerprint density at radius 2 is 2.00 bits per heavy atom. The molecule has 1 aliphatic carbocycles. The van der Waals surface area contributed by atoms with Crippen LogP contribution in [0.25, 0.3) is 10.9 Å². The van der Waals surface area contributed by atoms with Gasteiger partial charge in [0.15, 0.2) is 0 Å². The van der Waals surface area contributed by atoms with E-state index in [1.807, 2.05) is 12.1 Å². The molecule has 112 valence electrons. The molecule has 0 amide bonds. The minimum Gasteiger partial charge on any atom is -0.494 e. The predicted octanol–water partition coefficient (Wildman–Crippen LogP) is 3.91. The smallest absolute Gasteiger partial charge is 0.145 e. The highest BCUT2D eigenvalue weighted by atomic mass is 16.5. The zero-order valence-electron chi connectivity index (χ0n) is 12.8. The van der Waals surface area contributed by atoms with Crippen molar-refractivity contribution in [2.24, 2.45) is 5.92 Å². The van der Waals surface area contributed by atoms with Gasteiger partial charge in [-0.3, -0.25) is 0 Å². The maximum absolute atomic E-state index is 5.40. The van der Waals surface area contributed by atoms with Crippen LogP contribution < -0.4 is 10.1 Å². The molecule has 2 aromatic rings. The number of para-hydroxylation sites is 1. The zero-order valence-corrected chi connectivity index (χ0v) is 12.8. The molecule has 0 atom stereocenters. The van der Waals surface area contributed by atoms with Crippen LogP contribution in [0, 0.1) is 5.92 Å². The zero-order chi connectivity index (χ0) is 14.5. The molecule has 21 heavy (non-hydrogen) atoms. The van der Waals surface area contributed by atoms with Crippen LogP contribution in [0.4, 0.5) is 0 Å². The van der Waals surface area contributed by atoms with Crippen molar-refractivity contribution in [3.8, 4) is 5.75 Å². The van der Waals surface area contributed by atoms with Crippen molar-refractivity contribution < 1.29 is 4.74 Å². The van der Waals surface area contributed by atoms with Crippen molar-refractivity contribution in [1.82, 2.24) is 10.3 Å². The van der Waals surface area contributed by atoms with Gasteiger partial charge in [-0.2, -0.15) is 0 Å². The number of fused-ring (bicyclic) bond motifs is 1. The van der Waals surface area contributed by atoms with Gasteiger partial charge in [-0.15, -0.1) is 0 Å². The number of nitrogens with zero attached hydrogens (tertiary/aromatic N) is 1. The number of rotatable bonds is 5. The molecule has 1 N–H and O–H groups in total. The van der Waals surface area contributed by atoms with Gasteiger partial charge in [-0.05, 0) is 37.4 Å². The third kappa shape index (κ3) is 3.53. The van der Waals surface area contributed by atoms with Crippen molar-refractivity contribution in [2.75, 3.05) is 13.7 Å². The number of aromatic nitrogens is 1. The Kier molecular flexibility index (Phi) is 4.71. The number of pyridine rings is 1. The summed E-state index contributed by atoms with van der Waals surface area (Å²) in [5, 5.41) is 4.70. The number of benzene rings is 1. The summed E-state index contributed by atoms with van der Waals surface area (Å²) >= 11 is 0. The minimum absolute atomic E-state index is 0.838. The second-order valence-electron chi connectivity index (χ2n) is 5.97. The maximum atomic E-state index is 5.40. The molecule has 3 rings (SSSR count). The van der Waals surface area contributed by atoms with E-state index in [0.29, 0.717) is 0 Å². The van der Waals surface area contributed by atoms with Crippen molar-refractivity contribution in [3.63, 3.8) is 0 Å². The lowest BCUT2D eigenvalue weighted by Gasteiger charge is -2.21. The number of nitrogens with one attached hydrogen (secondary N) is 1. The fourth-order valence-electron chi connectivity index (χ4n) is 3.22. The first-order valence-electron chi connectivity index (χ1n) is 8.00. The van der Waals surface area contributed by atoms with Gasteiger partial charge in [0.05, 0.1) is 12.8 Å². The molecule has 1 saturated carbocycles. The number of hydrogen-bond donors (Lipinski definition) is 1. The van der Waals surface area contributed by atoms with E-state index in [-0.39, 0.29) is 0 Å². The lowest BCUT2D eigenvalue weighted by Crippen LogP contribution is -2.24. The molecular weight excluding hydrogens is 260 g/mol. The molecule has 3 heteroatoms. The van der Waals surface area contributed by atoms with Crippen LogP contribution in [-0.2, 0) is 6.54 Å². The van der Waals surface area contributed by atoms with Gasteiger partial charge in [0.1, 0.15) is 11.3 Å². The highest BCUT2D eigenvalue weighted by molar-refractivity contribution is 5.84. The normalized spacial score (nSPS) is 16.2. The second-order valence-corrected chi connectivity index (χ2v) is 5.97. The molecular formula is C18H24N2O. The second kappa shape index (κ2) is 6.90. The van der Waals surface area contributed by atoms with Crippen molar-refractivity contribution in [2.45, 2.75) is 38.6 Å². The third-order valence-electron chi connectivity index (χ3n) is 4.42. The van der Waals surface area contributed by atoms with Crippen molar-refractivity contribution in [3.05, 3.63) is 36.0 Å². The SMILES string of the molecule is COc1cccc2ccc(CNCC3CCCCC3)nc12. The molecule has 1 fully saturated rings. The fourth-order valence-corrected chi connectivity index (χ4v) is 3.22. The third-order valence-corrected chi connectivity index (χ3v) is 4.42. The van der Waals surface area contributed by atoms with E-state index in [2.05, 4.69) is 23.5 Å². The lowest BCUT2D eigenvalue weighted by atomic mass is 9.89. The van der Waals surface area contributed by atoms with Crippen LogP contribution >= 0.6 is 0 Å². The van der Waals surface area contributed by atoms with Gasteiger partial charge in [0.25, 0.3) is 0 Å². The summed E-state index contributed by atoms with van der Waals surface area (Å²) in [5.41, 5.74) is 2.04. The quantitative estimate of drug-likeness (QED) is 0.903. The summed E-state index contributed by atoms with van der Waals surface area (Å²) in [6.07, 6.45) is 6.98. The summed E-state index contributed by atoms with van der Waals surface area (Å²) in [6, 6.07) is 10.3. The van der Waals surface area contributed by atoms with Crippen LogP contribution in [0.3, 0.4) is 0 Å². The first-order chi connectivity index (χ1) is 10.4. The summed E-state index contributed by atoms with van der Waals surface area (Å²) in [4.78, 5) is 4.74. The van der Waals surface area contributed by atoms with Gasteiger partial charge in [0.2, 0.25) is 0 Å². The Morgan fingerprint density at radius 3 is 2.81 bits per heavy atom. The predicted molar refractivity (Wildman–Crippen MR) is 86.6 cm³/mol. The molecule has 1 aromatic heterocycles. The molecule has 1 aliphatic rings. The van der Waals surface area contributed by atoms with Crippen LogP contribution in [0.5, 0.6) is 5.75 Å². The molecule has 0 unspecified atom stereocenters. The van der Waals surface area contributed by atoms with Gasteiger partial charge >= 0.3 is 0 Å². The Labute approximate surface area is 126 Å². The molecule has 0 spiro atoms. The van der Waals surface area contributed by atoms with Crippen molar-refractivity contribution in [1.29, 1.82) is 0 Å². The Bertz CT molecular complexity index is 591. The van der Waals surface area contributed by atoms with Crippen LogP contribution in [0.15, 0.2) is 30.3 Å². The highest BCUT2D eigenvalue weighted by Crippen LogP contribution is 2.24. The lowest BCUT2D eigenvalue weighted by molar-refractivity contribution is 0.341. The van der Waals surface area contributed by atoms with Gasteiger partial charge in [-0.25, -0.2) is 4.98 Å². The standard InChI is InChI=1S/C18H24N2O/c1-21-17-9-5-8-15-10-11-16(20-18(15)17)13-19-12-14-6-3-2-4-7-14/h5,8-11,14,19H,2-4,6-7,12-13H2,1H3. The first-order valence-corrected chi connectivity index (χ1v) is 8.00. The van der Waals surface area contributed by atoms with E-state index in [4.69, 9.17) is 9.72 Å². The molecule has 0 bridgehead atoms. The summed E-state index contributed by atoms with van der Waals surface area (Å²) in [5.74, 6) is 1.70. The van der Waals surface area contributed by atoms with E-state index in [0.717, 1.165) is 41.4 Å². The molecule has 0 saturated heterocycles. The number of hydrogen-bond acceptors (Lipinski definition) is 3. The Hall–Kier alpha value is -1.61. The van der Waals surface area contributed by atoms with Crippen LogP contribution in [0.2, 0.25) is 0 Å². The van der Waals surface area contributed by atoms with E-state index >= 15 is 0 Å². The first kappa shape index (κ1) is 14.3. The maximum Gasteiger partial charge on any atom is 0.145 e. The van der Waals surface area contributed by atoms with E-state index in [1.165, 1.54) is 32.1 Å². The molecule has 0 radical (unpaired) electrons. The number of methoxy groups -OCH3 is 1. The largest absolute Gasteiger partial charge is 0.494 e. The Balaban J connectivity index is 1.64.